The third kappa shape index (κ3) is 8.88. The Morgan fingerprint density at radius 1 is 0.974 bits per heavy atom. The van der Waals surface area contributed by atoms with Crippen LogP contribution in [-0.2, 0) is 21.4 Å². The van der Waals surface area contributed by atoms with E-state index in [1.165, 1.54) is 18.2 Å². The molecule has 0 unspecified atom stereocenters. The summed E-state index contributed by atoms with van der Waals surface area (Å²) in [7, 11) is -4.43. The van der Waals surface area contributed by atoms with Crippen LogP contribution in [0.15, 0.2) is 47.4 Å². The van der Waals surface area contributed by atoms with E-state index >= 15 is 0 Å². The molecular formula is C29H43N3O6S. The molecule has 2 aromatic rings. The number of benzene rings is 2. The maximum atomic E-state index is 13.6. The van der Waals surface area contributed by atoms with Gasteiger partial charge in [-0.1, -0.05) is 31.5 Å². The maximum Gasteiger partial charge on any atom is 0.340 e. The average Bonchev–Trinajstić information content (AvgIpc) is 2.88. The lowest BCUT2D eigenvalue weighted by atomic mass is 10.1. The minimum absolute atomic E-state index is 0.0616. The van der Waals surface area contributed by atoms with E-state index in [2.05, 4.69) is 10.2 Å². The van der Waals surface area contributed by atoms with Gasteiger partial charge in [0.2, 0.25) is 0 Å². The monoisotopic (exact) mass is 561 g/mol. The van der Waals surface area contributed by atoms with E-state index in [-0.39, 0.29) is 47.5 Å². The molecule has 0 spiro atoms. The van der Waals surface area contributed by atoms with Crippen LogP contribution >= 0.6 is 0 Å². The molecule has 2 rings (SSSR count). The Kier molecular flexibility index (Phi) is 12.1. The van der Waals surface area contributed by atoms with Crippen molar-refractivity contribution in [2.24, 2.45) is 0 Å². The van der Waals surface area contributed by atoms with Crippen LogP contribution in [-0.4, -0.2) is 57.1 Å². The number of nitrogens with zero attached hydrogens (tertiary/aromatic N) is 2. The molecule has 0 bridgehead atoms. The summed E-state index contributed by atoms with van der Waals surface area (Å²) in [4.78, 5) is 29.0. The first-order valence-corrected chi connectivity index (χ1v) is 15.0. The van der Waals surface area contributed by atoms with E-state index < -0.39 is 16.1 Å². The number of urea groups is 1. The van der Waals surface area contributed by atoms with Crippen molar-refractivity contribution < 1.29 is 26.9 Å². The second kappa shape index (κ2) is 14.8. The highest BCUT2D eigenvalue weighted by Gasteiger charge is 2.27. The van der Waals surface area contributed by atoms with Gasteiger partial charge in [0.05, 0.1) is 18.7 Å². The second-order valence-corrected chi connectivity index (χ2v) is 11.3. The van der Waals surface area contributed by atoms with Gasteiger partial charge in [0.25, 0.3) is 0 Å². The third-order valence-electron chi connectivity index (χ3n) is 6.12. The molecule has 0 atom stereocenters. The van der Waals surface area contributed by atoms with Crippen molar-refractivity contribution >= 4 is 27.8 Å². The summed E-state index contributed by atoms with van der Waals surface area (Å²) in [5.41, 5.74) is 1.21. The number of carbonyl (C=O) groups excluding carboxylic acids is 2. The lowest BCUT2D eigenvalue weighted by Crippen LogP contribution is -2.45. The van der Waals surface area contributed by atoms with Crippen LogP contribution in [0.4, 0.5) is 10.5 Å². The first-order valence-electron chi connectivity index (χ1n) is 13.6. The van der Waals surface area contributed by atoms with E-state index in [1.807, 2.05) is 54.5 Å². The molecular weight excluding hydrogens is 518 g/mol. The number of esters is 1. The molecule has 2 amide bonds. The lowest BCUT2D eigenvalue weighted by Gasteiger charge is -2.29. The van der Waals surface area contributed by atoms with Gasteiger partial charge in [0.15, 0.2) is 0 Å². The van der Waals surface area contributed by atoms with Crippen molar-refractivity contribution in [1.82, 2.24) is 10.2 Å². The van der Waals surface area contributed by atoms with Crippen molar-refractivity contribution in [3.8, 4) is 5.75 Å². The average molecular weight is 562 g/mol. The van der Waals surface area contributed by atoms with Gasteiger partial charge in [-0.15, -0.1) is 0 Å². The highest BCUT2D eigenvalue weighted by molar-refractivity contribution is 7.87. The van der Waals surface area contributed by atoms with E-state index in [9.17, 15) is 18.0 Å². The van der Waals surface area contributed by atoms with Gasteiger partial charge in [0.1, 0.15) is 10.6 Å². The van der Waals surface area contributed by atoms with Gasteiger partial charge in [-0.2, -0.15) is 8.42 Å². The van der Waals surface area contributed by atoms with Crippen molar-refractivity contribution in [1.29, 1.82) is 0 Å². The first kappa shape index (κ1) is 31.9. The summed E-state index contributed by atoms with van der Waals surface area (Å²) in [6.45, 7) is 15.3. The zero-order valence-electron chi connectivity index (χ0n) is 24.2. The number of carbonyl (C=O) groups is 2. The minimum Gasteiger partial charge on any atom is -0.462 e. The molecule has 0 heterocycles. The Labute approximate surface area is 233 Å². The molecule has 39 heavy (non-hydrogen) atoms. The number of nitrogens with one attached hydrogen (secondary N) is 1. The third-order valence-corrected chi connectivity index (χ3v) is 7.42. The largest absolute Gasteiger partial charge is 0.462 e. The molecule has 0 fully saturated rings. The van der Waals surface area contributed by atoms with Crippen LogP contribution in [0.5, 0.6) is 5.75 Å². The Morgan fingerprint density at radius 3 is 2.23 bits per heavy atom. The maximum absolute atomic E-state index is 13.6. The summed E-state index contributed by atoms with van der Waals surface area (Å²) >= 11 is 0. The van der Waals surface area contributed by atoms with Gasteiger partial charge in [-0.25, -0.2) is 9.59 Å². The summed E-state index contributed by atoms with van der Waals surface area (Å²) in [5, 5.41) is 2.90. The molecule has 2 aromatic carbocycles. The number of unbranched alkanes of at least 4 members (excludes halogenated alkanes) is 1. The van der Waals surface area contributed by atoms with Gasteiger partial charge in [-0.3, -0.25) is 0 Å². The van der Waals surface area contributed by atoms with Crippen molar-refractivity contribution in [2.45, 2.75) is 84.8 Å². The molecule has 0 aliphatic heterocycles. The Hall–Kier alpha value is -3.27. The molecule has 0 saturated carbocycles. The number of amides is 2. The fourth-order valence-corrected chi connectivity index (χ4v) is 5.09. The fourth-order valence-electron chi connectivity index (χ4n) is 3.94. The molecule has 0 aliphatic rings. The SMILES string of the molecule is CCCCOC(=O)c1ccccc1S(=O)(=O)Oc1cc(N(CC)CC)ccc1CN(C(=O)NC(C)C)C(C)C. The topological polar surface area (TPSA) is 105 Å². The van der Waals surface area contributed by atoms with Crippen molar-refractivity contribution in [2.75, 3.05) is 24.6 Å². The highest BCUT2D eigenvalue weighted by atomic mass is 32.2. The number of ether oxygens (including phenoxy) is 1. The molecule has 0 radical (unpaired) electrons. The fraction of sp³-hybridized carbons (Fsp3) is 0.517. The van der Waals surface area contributed by atoms with E-state index in [0.717, 1.165) is 12.1 Å². The van der Waals surface area contributed by atoms with E-state index in [0.29, 0.717) is 25.1 Å². The molecule has 0 aliphatic carbocycles. The zero-order chi connectivity index (χ0) is 29.2. The van der Waals surface area contributed by atoms with Crippen LogP contribution in [0, 0.1) is 0 Å². The highest BCUT2D eigenvalue weighted by Crippen LogP contribution is 2.31. The van der Waals surface area contributed by atoms with Gasteiger partial charge in [-0.05, 0) is 66.2 Å². The predicted octanol–water partition coefficient (Wildman–Crippen LogP) is 5.59. The van der Waals surface area contributed by atoms with Crippen molar-refractivity contribution in [3.63, 3.8) is 0 Å². The van der Waals surface area contributed by atoms with Crippen LogP contribution < -0.4 is 14.4 Å². The van der Waals surface area contributed by atoms with Crippen LogP contribution in [0.1, 0.15) is 77.2 Å². The van der Waals surface area contributed by atoms with E-state index in [4.69, 9.17) is 8.92 Å². The number of hydrogen-bond donors (Lipinski definition) is 1. The van der Waals surface area contributed by atoms with Crippen molar-refractivity contribution in [3.05, 3.63) is 53.6 Å². The van der Waals surface area contributed by atoms with Crippen LogP contribution in [0.3, 0.4) is 0 Å². The quantitative estimate of drug-likeness (QED) is 0.182. The zero-order valence-corrected chi connectivity index (χ0v) is 25.0. The van der Waals surface area contributed by atoms with Gasteiger partial charge in [0, 0.05) is 42.5 Å². The molecule has 10 heteroatoms. The Morgan fingerprint density at radius 2 is 1.64 bits per heavy atom. The Balaban J connectivity index is 2.54. The Bertz CT molecular complexity index is 1210. The summed E-state index contributed by atoms with van der Waals surface area (Å²) in [6.07, 6.45) is 1.51. The minimum atomic E-state index is -4.43. The summed E-state index contributed by atoms with van der Waals surface area (Å²) < 4.78 is 38.2. The molecule has 216 valence electrons. The smallest absolute Gasteiger partial charge is 0.340 e. The molecule has 1 N–H and O–H groups in total. The first-order chi connectivity index (χ1) is 18.4. The number of anilines is 1. The standard InChI is InChI=1S/C29H43N3O6S/c1-8-11-18-37-28(33)25-14-12-13-15-27(25)39(35,36)38-26-19-24(31(9-2)10-3)17-16-23(26)20-32(22(6)7)29(34)30-21(4)5/h12-17,19,21-22H,8-11,18,20H2,1-7H3,(H,30,34). The summed E-state index contributed by atoms with van der Waals surface area (Å²) in [6, 6.07) is 10.7. The van der Waals surface area contributed by atoms with Gasteiger partial charge >= 0.3 is 22.1 Å². The molecule has 0 aromatic heterocycles. The van der Waals surface area contributed by atoms with Crippen LogP contribution in [0.25, 0.3) is 0 Å². The predicted molar refractivity (Wildman–Crippen MR) is 154 cm³/mol. The number of hydrogen-bond acceptors (Lipinski definition) is 7. The van der Waals surface area contributed by atoms with Crippen LogP contribution in [0.2, 0.25) is 0 Å². The molecule has 0 saturated heterocycles. The normalized spacial score (nSPS) is 11.4. The van der Waals surface area contributed by atoms with E-state index in [1.54, 1.807) is 23.1 Å². The number of rotatable bonds is 14. The van der Waals surface area contributed by atoms with Gasteiger partial charge < -0.3 is 24.0 Å². The second-order valence-electron chi connectivity index (χ2n) is 9.81. The lowest BCUT2D eigenvalue weighted by molar-refractivity contribution is 0.0495. The molecule has 9 nitrogen and oxygen atoms in total. The summed E-state index contributed by atoms with van der Waals surface area (Å²) in [5.74, 6) is -0.628.